The molecule has 0 atom stereocenters. The SMILES string of the molecule is CCC=CC=CC[C]=O. The first-order valence-electron chi connectivity index (χ1n) is 3.08. The predicted octanol–water partition coefficient (Wildman–Crippen LogP) is 2.01. The first-order valence-corrected chi connectivity index (χ1v) is 3.08. The summed E-state index contributed by atoms with van der Waals surface area (Å²) in [4.78, 5) is 9.64. The zero-order valence-corrected chi connectivity index (χ0v) is 5.63. The second-order valence-electron chi connectivity index (χ2n) is 1.61. The molecule has 0 bridgehead atoms. The third kappa shape index (κ3) is 7.15. The third-order valence-corrected chi connectivity index (χ3v) is 0.820. The summed E-state index contributed by atoms with van der Waals surface area (Å²) in [5.74, 6) is 0. The zero-order chi connectivity index (χ0) is 6.95. The van der Waals surface area contributed by atoms with Gasteiger partial charge in [0.25, 0.3) is 0 Å². The maximum absolute atomic E-state index is 9.64. The minimum Gasteiger partial charge on any atom is -0.291 e. The van der Waals surface area contributed by atoms with Gasteiger partial charge in [-0.25, -0.2) is 0 Å². The number of carbonyl (C=O) groups excluding carboxylic acids is 1. The van der Waals surface area contributed by atoms with Crippen molar-refractivity contribution in [2.75, 3.05) is 0 Å². The lowest BCUT2D eigenvalue weighted by atomic mass is 10.3. The quantitative estimate of drug-likeness (QED) is 0.522. The minimum absolute atomic E-state index is 0.397. The van der Waals surface area contributed by atoms with Crippen molar-refractivity contribution in [3.8, 4) is 0 Å². The fourth-order valence-electron chi connectivity index (χ4n) is 0.409. The van der Waals surface area contributed by atoms with Crippen molar-refractivity contribution in [2.45, 2.75) is 19.8 Å². The van der Waals surface area contributed by atoms with E-state index in [9.17, 15) is 4.79 Å². The summed E-state index contributed by atoms with van der Waals surface area (Å²) in [7, 11) is 0. The van der Waals surface area contributed by atoms with Crippen molar-refractivity contribution in [3.05, 3.63) is 24.3 Å². The van der Waals surface area contributed by atoms with Gasteiger partial charge in [-0.1, -0.05) is 31.2 Å². The van der Waals surface area contributed by atoms with Crippen LogP contribution >= 0.6 is 0 Å². The fourth-order valence-corrected chi connectivity index (χ4v) is 0.409. The van der Waals surface area contributed by atoms with Crippen LogP contribution in [0.5, 0.6) is 0 Å². The smallest absolute Gasteiger partial charge is 0.202 e. The molecule has 0 saturated carbocycles. The van der Waals surface area contributed by atoms with Crippen LogP contribution in [-0.4, -0.2) is 6.29 Å². The molecule has 0 unspecified atom stereocenters. The Morgan fingerprint density at radius 1 is 1.33 bits per heavy atom. The molecular weight excluding hydrogens is 112 g/mol. The number of allylic oxidation sites excluding steroid dienone is 4. The minimum atomic E-state index is 0.397. The van der Waals surface area contributed by atoms with Crippen molar-refractivity contribution in [2.24, 2.45) is 0 Å². The van der Waals surface area contributed by atoms with Crippen molar-refractivity contribution in [3.63, 3.8) is 0 Å². The van der Waals surface area contributed by atoms with Crippen molar-refractivity contribution < 1.29 is 4.79 Å². The Morgan fingerprint density at radius 3 is 2.56 bits per heavy atom. The summed E-state index contributed by atoms with van der Waals surface area (Å²) >= 11 is 0. The van der Waals surface area contributed by atoms with E-state index < -0.39 is 0 Å². The van der Waals surface area contributed by atoms with Crippen LogP contribution in [0.25, 0.3) is 0 Å². The van der Waals surface area contributed by atoms with E-state index in [4.69, 9.17) is 0 Å². The lowest BCUT2D eigenvalue weighted by Crippen LogP contribution is -1.63. The Morgan fingerprint density at radius 2 is 2.00 bits per heavy atom. The van der Waals surface area contributed by atoms with Gasteiger partial charge < -0.3 is 0 Å². The normalized spacial score (nSPS) is 11.2. The Hall–Kier alpha value is -0.850. The third-order valence-electron chi connectivity index (χ3n) is 0.820. The highest BCUT2D eigenvalue weighted by Gasteiger charge is 1.68. The molecule has 0 aliphatic rings. The molecule has 1 nitrogen and oxygen atoms in total. The van der Waals surface area contributed by atoms with Crippen LogP contribution in [0.3, 0.4) is 0 Å². The van der Waals surface area contributed by atoms with Crippen LogP contribution in [0.2, 0.25) is 0 Å². The largest absolute Gasteiger partial charge is 0.291 e. The Balaban J connectivity index is 3.23. The molecule has 0 heterocycles. The van der Waals surface area contributed by atoms with Gasteiger partial charge >= 0.3 is 0 Å². The molecule has 0 saturated heterocycles. The molecule has 0 N–H and O–H groups in total. The molecule has 1 heteroatoms. The van der Waals surface area contributed by atoms with Gasteiger partial charge in [0.15, 0.2) is 0 Å². The Kier molecular flexibility index (Phi) is 6.47. The molecule has 0 amide bonds. The van der Waals surface area contributed by atoms with Gasteiger partial charge in [0.05, 0.1) is 0 Å². The van der Waals surface area contributed by atoms with Crippen LogP contribution in [0.1, 0.15) is 19.8 Å². The molecular formula is C8H11O. The van der Waals surface area contributed by atoms with Gasteiger partial charge in [-0.3, -0.25) is 4.79 Å². The van der Waals surface area contributed by atoms with Crippen LogP contribution in [0.15, 0.2) is 24.3 Å². The summed E-state index contributed by atoms with van der Waals surface area (Å²) in [6.07, 6.45) is 10.8. The second kappa shape index (κ2) is 7.15. The standard InChI is InChI=1S/C8H11O/c1-2-3-4-5-6-7-8-9/h3-6H,2,7H2,1H3. The van der Waals surface area contributed by atoms with Gasteiger partial charge in [-0.15, -0.1) is 0 Å². The lowest BCUT2D eigenvalue weighted by Gasteiger charge is -1.73. The van der Waals surface area contributed by atoms with E-state index in [0.29, 0.717) is 6.42 Å². The molecule has 49 valence electrons. The topological polar surface area (TPSA) is 17.1 Å². The van der Waals surface area contributed by atoms with E-state index in [0.717, 1.165) is 6.42 Å². The Bertz CT molecular complexity index is 112. The summed E-state index contributed by atoms with van der Waals surface area (Å²) in [5, 5.41) is 0. The second-order valence-corrected chi connectivity index (χ2v) is 1.61. The highest BCUT2D eigenvalue weighted by molar-refractivity contribution is 5.53. The summed E-state index contributed by atoms with van der Waals surface area (Å²) in [6, 6.07) is 0. The number of hydrogen-bond acceptors (Lipinski definition) is 1. The molecule has 0 aromatic rings. The van der Waals surface area contributed by atoms with Crippen LogP contribution in [0, 0.1) is 0 Å². The van der Waals surface area contributed by atoms with E-state index in [1.165, 1.54) is 0 Å². The monoisotopic (exact) mass is 123 g/mol. The molecule has 0 spiro atoms. The highest BCUT2D eigenvalue weighted by atomic mass is 16.1. The summed E-state index contributed by atoms with van der Waals surface area (Å²) < 4.78 is 0. The molecule has 0 aromatic carbocycles. The van der Waals surface area contributed by atoms with Gasteiger partial charge in [0, 0.05) is 6.42 Å². The van der Waals surface area contributed by atoms with Crippen molar-refractivity contribution in [1.29, 1.82) is 0 Å². The van der Waals surface area contributed by atoms with E-state index in [2.05, 4.69) is 6.92 Å². The molecule has 0 rings (SSSR count). The molecule has 9 heavy (non-hydrogen) atoms. The average molecular weight is 123 g/mol. The number of hydrogen-bond donors (Lipinski definition) is 0. The van der Waals surface area contributed by atoms with Crippen molar-refractivity contribution in [1.82, 2.24) is 0 Å². The molecule has 0 fully saturated rings. The Labute approximate surface area is 56.1 Å². The average Bonchev–Trinajstić information content (AvgIpc) is 1.89. The highest BCUT2D eigenvalue weighted by Crippen LogP contribution is 1.82. The fraction of sp³-hybridized carbons (Fsp3) is 0.375. The molecule has 1 radical (unpaired) electrons. The van der Waals surface area contributed by atoms with Crippen molar-refractivity contribution >= 4 is 6.29 Å². The van der Waals surface area contributed by atoms with E-state index in [1.807, 2.05) is 18.2 Å². The van der Waals surface area contributed by atoms with E-state index >= 15 is 0 Å². The molecule has 0 aromatic heterocycles. The summed E-state index contributed by atoms with van der Waals surface area (Å²) in [5.41, 5.74) is 0. The maximum atomic E-state index is 9.64. The van der Waals surface area contributed by atoms with Gasteiger partial charge in [0.1, 0.15) is 0 Å². The first-order chi connectivity index (χ1) is 4.41. The van der Waals surface area contributed by atoms with Gasteiger partial charge in [-0.2, -0.15) is 0 Å². The summed E-state index contributed by atoms with van der Waals surface area (Å²) in [6.45, 7) is 2.07. The number of rotatable bonds is 4. The van der Waals surface area contributed by atoms with E-state index in [-0.39, 0.29) is 0 Å². The van der Waals surface area contributed by atoms with Crippen LogP contribution in [-0.2, 0) is 4.79 Å². The van der Waals surface area contributed by atoms with Crippen LogP contribution < -0.4 is 0 Å². The van der Waals surface area contributed by atoms with Gasteiger partial charge in [-0.05, 0) is 6.42 Å². The van der Waals surface area contributed by atoms with Crippen LogP contribution in [0.4, 0.5) is 0 Å². The van der Waals surface area contributed by atoms with Gasteiger partial charge in [0.2, 0.25) is 6.29 Å². The molecule has 0 aliphatic carbocycles. The maximum Gasteiger partial charge on any atom is 0.202 e. The van der Waals surface area contributed by atoms with E-state index in [1.54, 1.807) is 12.4 Å². The predicted molar refractivity (Wildman–Crippen MR) is 38.9 cm³/mol. The first kappa shape index (κ1) is 8.15. The zero-order valence-electron chi connectivity index (χ0n) is 5.63. The lowest BCUT2D eigenvalue weighted by molar-refractivity contribution is 0.556. The molecule has 0 aliphatic heterocycles.